The van der Waals surface area contributed by atoms with E-state index in [4.69, 9.17) is 16.3 Å². The molecule has 0 spiro atoms. The molecule has 0 bridgehead atoms. The zero-order valence-electron chi connectivity index (χ0n) is 11.8. The zero-order chi connectivity index (χ0) is 12.9. The first kappa shape index (κ1) is 15.3. The summed E-state index contributed by atoms with van der Waals surface area (Å²) in [6.07, 6.45) is 6.37. The molecule has 0 amide bonds. The van der Waals surface area contributed by atoms with Crippen LogP contribution in [-0.2, 0) is 4.74 Å². The van der Waals surface area contributed by atoms with Crippen LogP contribution in [0.15, 0.2) is 0 Å². The van der Waals surface area contributed by atoms with Gasteiger partial charge in [-0.15, -0.1) is 11.6 Å². The summed E-state index contributed by atoms with van der Waals surface area (Å²) in [6, 6.07) is 0.593. The van der Waals surface area contributed by atoms with Gasteiger partial charge in [-0.2, -0.15) is 0 Å². The lowest BCUT2D eigenvalue weighted by molar-refractivity contribution is 0.0588. The van der Waals surface area contributed by atoms with Crippen molar-refractivity contribution < 1.29 is 4.74 Å². The summed E-state index contributed by atoms with van der Waals surface area (Å²) >= 11 is 6.36. The molecule has 0 aromatic heterocycles. The van der Waals surface area contributed by atoms with E-state index in [2.05, 4.69) is 26.1 Å². The van der Waals surface area contributed by atoms with Gasteiger partial charge in [-0.25, -0.2) is 0 Å². The van der Waals surface area contributed by atoms with Crippen LogP contribution < -0.4 is 5.32 Å². The summed E-state index contributed by atoms with van der Waals surface area (Å²) in [5.74, 6) is 0. The number of alkyl halides is 1. The van der Waals surface area contributed by atoms with Gasteiger partial charge in [0.2, 0.25) is 0 Å². The van der Waals surface area contributed by atoms with Crippen molar-refractivity contribution in [1.82, 2.24) is 5.32 Å². The fraction of sp³-hybridized carbons (Fsp3) is 1.00. The predicted octanol–water partition coefficient (Wildman–Crippen LogP) is 3.58. The van der Waals surface area contributed by atoms with Crippen molar-refractivity contribution in [2.45, 2.75) is 70.4 Å². The Morgan fingerprint density at radius 2 is 2.06 bits per heavy atom. The van der Waals surface area contributed by atoms with E-state index in [1.165, 1.54) is 19.3 Å². The highest BCUT2D eigenvalue weighted by Crippen LogP contribution is 2.24. The van der Waals surface area contributed by atoms with Gasteiger partial charge < -0.3 is 10.1 Å². The van der Waals surface area contributed by atoms with Crippen LogP contribution >= 0.6 is 11.6 Å². The second kappa shape index (κ2) is 6.96. The van der Waals surface area contributed by atoms with E-state index in [1.807, 2.05) is 7.11 Å². The van der Waals surface area contributed by atoms with E-state index < -0.39 is 0 Å². The minimum Gasteiger partial charge on any atom is -0.381 e. The maximum absolute atomic E-state index is 6.36. The molecule has 1 N–H and O–H groups in total. The van der Waals surface area contributed by atoms with E-state index in [-0.39, 0.29) is 5.38 Å². The average molecular weight is 262 g/mol. The third kappa shape index (κ3) is 6.64. The summed E-state index contributed by atoms with van der Waals surface area (Å²) in [5, 5.41) is 3.83. The molecule has 3 unspecified atom stereocenters. The Hall–Kier alpha value is 0.210. The standard InChI is InChI=1S/C14H28ClNO/c1-14(2,3)9-11(15)10-16-12-6-5-7-13(8-12)17-4/h11-13,16H,5-10H2,1-4H3. The minimum atomic E-state index is 0.234. The van der Waals surface area contributed by atoms with E-state index in [1.54, 1.807) is 0 Å². The number of hydrogen-bond acceptors (Lipinski definition) is 2. The maximum Gasteiger partial charge on any atom is 0.0586 e. The molecule has 0 radical (unpaired) electrons. The first-order chi connectivity index (χ1) is 7.90. The highest BCUT2D eigenvalue weighted by atomic mass is 35.5. The van der Waals surface area contributed by atoms with Gasteiger partial charge in [0.1, 0.15) is 0 Å². The fourth-order valence-corrected chi connectivity index (χ4v) is 3.13. The second-order valence-electron chi connectivity index (χ2n) is 6.49. The number of methoxy groups -OCH3 is 1. The predicted molar refractivity (Wildman–Crippen MR) is 74.8 cm³/mol. The maximum atomic E-state index is 6.36. The Kier molecular flexibility index (Phi) is 6.25. The number of halogens is 1. The van der Waals surface area contributed by atoms with Crippen LogP contribution in [0.5, 0.6) is 0 Å². The lowest BCUT2D eigenvalue weighted by Gasteiger charge is -2.30. The number of nitrogens with one attached hydrogen (secondary N) is 1. The number of hydrogen-bond donors (Lipinski definition) is 1. The molecular formula is C14H28ClNO. The average Bonchev–Trinajstić information content (AvgIpc) is 2.24. The second-order valence-corrected chi connectivity index (χ2v) is 7.11. The van der Waals surface area contributed by atoms with Crippen LogP contribution in [0.25, 0.3) is 0 Å². The molecule has 2 nitrogen and oxygen atoms in total. The fourth-order valence-electron chi connectivity index (χ4n) is 2.58. The summed E-state index contributed by atoms with van der Waals surface area (Å²) in [6.45, 7) is 7.64. The molecule has 0 saturated heterocycles. The highest BCUT2D eigenvalue weighted by molar-refractivity contribution is 6.20. The monoisotopic (exact) mass is 261 g/mol. The quantitative estimate of drug-likeness (QED) is 0.764. The van der Waals surface area contributed by atoms with Gasteiger partial charge in [0, 0.05) is 25.1 Å². The number of rotatable bonds is 5. The molecule has 17 heavy (non-hydrogen) atoms. The Morgan fingerprint density at radius 1 is 1.35 bits per heavy atom. The molecule has 0 heterocycles. The van der Waals surface area contributed by atoms with Crippen molar-refractivity contribution in [2.24, 2.45) is 5.41 Å². The molecule has 1 aliphatic carbocycles. The zero-order valence-corrected chi connectivity index (χ0v) is 12.5. The van der Waals surface area contributed by atoms with Gasteiger partial charge in [-0.3, -0.25) is 0 Å². The van der Waals surface area contributed by atoms with Crippen LogP contribution in [0.2, 0.25) is 0 Å². The molecule has 0 aromatic carbocycles. The molecule has 0 aromatic rings. The van der Waals surface area contributed by atoms with Crippen LogP contribution in [0.1, 0.15) is 52.9 Å². The van der Waals surface area contributed by atoms with Crippen LogP contribution in [0.3, 0.4) is 0 Å². The Balaban J connectivity index is 2.21. The normalized spacial score (nSPS) is 28.1. The van der Waals surface area contributed by atoms with Crippen LogP contribution in [-0.4, -0.2) is 31.2 Å². The van der Waals surface area contributed by atoms with E-state index in [0.29, 0.717) is 17.6 Å². The lowest BCUT2D eigenvalue weighted by atomic mass is 9.89. The molecule has 1 rings (SSSR count). The topological polar surface area (TPSA) is 21.3 Å². The van der Waals surface area contributed by atoms with Crippen molar-refractivity contribution in [3.63, 3.8) is 0 Å². The molecular weight excluding hydrogens is 234 g/mol. The lowest BCUT2D eigenvalue weighted by Crippen LogP contribution is -2.40. The molecule has 1 fully saturated rings. The first-order valence-corrected chi connectivity index (χ1v) is 7.24. The first-order valence-electron chi connectivity index (χ1n) is 6.81. The van der Waals surface area contributed by atoms with E-state index in [0.717, 1.165) is 19.4 Å². The van der Waals surface area contributed by atoms with Crippen LogP contribution in [0, 0.1) is 5.41 Å². The molecule has 0 aliphatic heterocycles. The van der Waals surface area contributed by atoms with Crippen molar-refractivity contribution in [2.75, 3.05) is 13.7 Å². The van der Waals surface area contributed by atoms with Crippen molar-refractivity contribution >= 4 is 11.6 Å². The number of ether oxygens (including phenoxy) is 1. The third-order valence-corrected chi connectivity index (χ3v) is 3.73. The van der Waals surface area contributed by atoms with Gasteiger partial charge in [-0.1, -0.05) is 20.8 Å². The van der Waals surface area contributed by atoms with Crippen molar-refractivity contribution in [3.8, 4) is 0 Å². The Morgan fingerprint density at radius 3 is 2.65 bits per heavy atom. The highest BCUT2D eigenvalue weighted by Gasteiger charge is 2.23. The SMILES string of the molecule is COC1CCCC(NCC(Cl)CC(C)(C)C)C1. The molecule has 1 saturated carbocycles. The minimum absolute atomic E-state index is 0.234. The van der Waals surface area contributed by atoms with Gasteiger partial charge in [0.15, 0.2) is 0 Å². The molecule has 3 heteroatoms. The third-order valence-electron chi connectivity index (χ3n) is 3.42. The Labute approximate surface area is 111 Å². The molecule has 102 valence electrons. The summed E-state index contributed by atoms with van der Waals surface area (Å²) < 4.78 is 5.44. The van der Waals surface area contributed by atoms with Gasteiger partial charge in [0.05, 0.1) is 6.10 Å². The largest absolute Gasteiger partial charge is 0.381 e. The van der Waals surface area contributed by atoms with Crippen LogP contribution in [0.4, 0.5) is 0 Å². The summed E-state index contributed by atoms with van der Waals surface area (Å²) in [7, 11) is 1.82. The van der Waals surface area contributed by atoms with Crippen molar-refractivity contribution in [1.29, 1.82) is 0 Å². The van der Waals surface area contributed by atoms with Crippen molar-refractivity contribution in [3.05, 3.63) is 0 Å². The van der Waals surface area contributed by atoms with E-state index >= 15 is 0 Å². The Bertz CT molecular complexity index is 215. The molecule has 1 aliphatic rings. The van der Waals surface area contributed by atoms with E-state index in [9.17, 15) is 0 Å². The summed E-state index contributed by atoms with van der Waals surface area (Å²) in [4.78, 5) is 0. The van der Waals surface area contributed by atoms with Gasteiger partial charge in [-0.05, 0) is 37.5 Å². The smallest absolute Gasteiger partial charge is 0.0586 e. The van der Waals surface area contributed by atoms with Gasteiger partial charge >= 0.3 is 0 Å². The summed E-state index contributed by atoms with van der Waals surface area (Å²) in [5.41, 5.74) is 0.315. The van der Waals surface area contributed by atoms with Gasteiger partial charge in [0.25, 0.3) is 0 Å². The molecule has 3 atom stereocenters.